The zero-order valence-corrected chi connectivity index (χ0v) is 14.1. The Morgan fingerprint density at radius 2 is 2.08 bits per heavy atom. The molecule has 25 heavy (non-hydrogen) atoms. The van der Waals surface area contributed by atoms with E-state index in [1.54, 1.807) is 12.1 Å². The molecule has 0 aliphatic heterocycles. The first-order valence-corrected chi connectivity index (χ1v) is 8.29. The number of aromatic carboxylic acids is 1. The standard InChI is InChI=1S/C18H21N3O4/c1-25-11-12-8-13(18(23)24)10-14(9-12)19-17(22)16-6-7-21(20-16)15-4-2-3-5-15/h6-10,15H,2-5,11H2,1H3,(H,19,22)(H,23,24). The van der Waals surface area contributed by atoms with Gasteiger partial charge in [-0.3, -0.25) is 9.48 Å². The summed E-state index contributed by atoms with van der Waals surface area (Å²) in [5.74, 6) is -1.42. The van der Waals surface area contributed by atoms with Gasteiger partial charge in [-0.2, -0.15) is 5.10 Å². The fourth-order valence-electron chi connectivity index (χ4n) is 3.16. The highest BCUT2D eigenvalue weighted by atomic mass is 16.5. The number of carboxylic acids is 1. The van der Waals surface area contributed by atoms with Crippen LogP contribution < -0.4 is 5.32 Å². The Balaban J connectivity index is 1.76. The quantitative estimate of drug-likeness (QED) is 0.840. The molecule has 0 radical (unpaired) electrons. The van der Waals surface area contributed by atoms with Crippen molar-refractivity contribution in [2.75, 3.05) is 12.4 Å². The van der Waals surface area contributed by atoms with Gasteiger partial charge >= 0.3 is 5.97 Å². The van der Waals surface area contributed by atoms with Crippen LogP contribution in [-0.2, 0) is 11.3 Å². The van der Waals surface area contributed by atoms with Gasteiger partial charge in [0.05, 0.1) is 18.2 Å². The first-order valence-electron chi connectivity index (χ1n) is 8.29. The molecule has 1 saturated carbocycles. The smallest absolute Gasteiger partial charge is 0.335 e. The zero-order chi connectivity index (χ0) is 17.8. The maximum atomic E-state index is 12.4. The Morgan fingerprint density at radius 3 is 2.76 bits per heavy atom. The van der Waals surface area contributed by atoms with Gasteiger partial charge in [0.25, 0.3) is 5.91 Å². The summed E-state index contributed by atoms with van der Waals surface area (Å²) in [6, 6.07) is 6.70. The number of nitrogens with one attached hydrogen (secondary N) is 1. The predicted molar refractivity (Wildman–Crippen MR) is 91.8 cm³/mol. The average molecular weight is 343 g/mol. The Hall–Kier alpha value is -2.67. The third kappa shape index (κ3) is 4.06. The highest BCUT2D eigenvalue weighted by molar-refractivity contribution is 6.03. The third-order valence-corrected chi connectivity index (χ3v) is 4.35. The normalized spacial score (nSPS) is 14.6. The van der Waals surface area contributed by atoms with Gasteiger partial charge < -0.3 is 15.2 Å². The molecule has 1 aromatic heterocycles. The van der Waals surface area contributed by atoms with Crippen molar-refractivity contribution in [1.82, 2.24) is 9.78 Å². The van der Waals surface area contributed by atoms with Crippen molar-refractivity contribution >= 4 is 17.6 Å². The van der Waals surface area contributed by atoms with Gasteiger partial charge in [0.15, 0.2) is 5.69 Å². The molecule has 7 nitrogen and oxygen atoms in total. The van der Waals surface area contributed by atoms with Crippen molar-refractivity contribution in [1.29, 1.82) is 0 Å². The van der Waals surface area contributed by atoms with E-state index in [1.807, 2.05) is 10.9 Å². The lowest BCUT2D eigenvalue weighted by atomic mass is 10.1. The molecule has 3 rings (SSSR count). The van der Waals surface area contributed by atoms with Crippen LogP contribution in [0.15, 0.2) is 30.5 Å². The second-order valence-corrected chi connectivity index (χ2v) is 6.23. The van der Waals surface area contributed by atoms with Gasteiger partial charge in [-0.15, -0.1) is 0 Å². The van der Waals surface area contributed by atoms with Crippen molar-refractivity contribution in [2.45, 2.75) is 38.3 Å². The van der Waals surface area contributed by atoms with E-state index < -0.39 is 5.97 Å². The largest absolute Gasteiger partial charge is 0.478 e. The van der Waals surface area contributed by atoms with Crippen molar-refractivity contribution in [3.05, 3.63) is 47.3 Å². The molecule has 132 valence electrons. The Labute approximate surface area is 145 Å². The number of amides is 1. The van der Waals surface area contributed by atoms with E-state index in [9.17, 15) is 14.7 Å². The molecule has 1 fully saturated rings. The molecule has 1 aliphatic carbocycles. The molecular weight excluding hydrogens is 322 g/mol. The number of nitrogens with zero attached hydrogens (tertiary/aromatic N) is 2. The minimum absolute atomic E-state index is 0.0985. The number of hydrogen-bond donors (Lipinski definition) is 2. The van der Waals surface area contributed by atoms with E-state index in [1.165, 1.54) is 32.1 Å². The van der Waals surface area contributed by atoms with Crippen LogP contribution in [0.4, 0.5) is 5.69 Å². The summed E-state index contributed by atoms with van der Waals surface area (Å²) in [6.45, 7) is 0.264. The molecule has 0 bridgehead atoms. The van der Waals surface area contributed by atoms with Gasteiger partial charge in [-0.1, -0.05) is 12.8 Å². The highest BCUT2D eigenvalue weighted by Crippen LogP contribution is 2.28. The number of carbonyl (C=O) groups excluding carboxylic acids is 1. The zero-order valence-electron chi connectivity index (χ0n) is 14.1. The highest BCUT2D eigenvalue weighted by Gasteiger charge is 2.19. The van der Waals surface area contributed by atoms with E-state index in [4.69, 9.17) is 4.74 Å². The predicted octanol–water partition coefficient (Wildman–Crippen LogP) is 3.10. The number of carboxylic acid groups (broad SMARTS) is 1. The Bertz CT molecular complexity index is 778. The molecule has 0 atom stereocenters. The van der Waals surface area contributed by atoms with Crippen LogP contribution in [0.1, 0.15) is 58.1 Å². The van der Waals surface area contributed by atoms with E-state index in [0.29, 0.717) is 23.0 Å². The summed E-state index contributed by atoms with van der Waals surface area (Å²) in [6.07, 6.45) is 6.38. The number of hydrogen-bond acceptors (Lipinski definition) is 4. The number of anilines is 1. The summed E-state index contributed by atoms with van der Waals surface area (Å²) in [4.78, 5) is 23.7. The molecule has 7 heteroatoms. The van der Waals surface area contributed by atoms with E-state index in [2.05, 4.69) is 10.4 Å². The fraction of sp³-hybridized carbons (Fsp3) is 0.389. The van der Waals surface area contributed by atoms with Crippen LogP contribution in [0.5, 0.6) is 0 Å². The molecular formula is C18H21N3O4. The van der Waals surface area contributed by atoms with Gasteiger partial charge in [0.2, 0.25) is 0 Å². The number of aromatic nitrogens is 2. The number of methoxy groups -OCH3 is 1. The first-order chi connectivity index (χ1) is 12.1. The number of benzene rings is 1. The van der Waals surface area contributed by atoms with Crippen LogP contribution in [0.25, 0.3) is 0 Å². The van der Waals surface area contributed by atoms with E-state index in [0.717, 1.165) is 12.8 Å². The topological polar surface area (TPSA) is 93.5 Å². The summed E-state index contributed by atoms with van der Waals surface area (Å²) in [7, 11) is 1.53. The summed E-state index contributed by atoms with van der Waals surface area (Å²) >= 11 is 0. The molecule has 1 heterocycles. The van der Waals surface area contributed by atoms with Crippen molar-refractivity contribution in [2.24, 2.45) is 0 Å². The van der Waals surface area contributed by atoms with Crippen LogP contribution in [0.2, 0.25) is 0 Å². The van der Waals surface area contributed by atoms with Gasteiger partial charge in [0, 0.05) is 19.0 Å². The SMILES string of the molecule is COCc1cc(NC(=O)c2ccn(C3CCCC3)n2)cc(C(=O)O)c1. The van der Waals surface area contributed by atoms with Gasteiger partial charge in [-0.25, -0.2) is 4.79 Å². The minimum atomic E-state index is -1.06. The lowest BCUT2D eigenvalue weighted by molar-refractivity contribution is 0.0696. The minimum Gasteiger partial charge on any atom is -0.478 e. The maximum Gasteiger partial charge on any atom is 0.335 e. The van der Waals surface area contributed by atoms with Crippen LogP contribution in [0, 0.1) is 0 Å². The van der Waals surface area contributed by atoms with E-state index in [-0.39, 0.29) is 18.1 Å². The molecule has 0 spiro atoms. The number of ether oxygens (including phenoxy) is 1. The molecule has 2 N–H and O–H groups in total. The molecule has 0 saturated heterocycles. The maximum absolute atomic E-state index is 12.4. The van der Waals surface area contributed by atoms with Gasteiger partial charge in [-0.05, 0) is 42.7 Å². The lowest BCUT2D eigenvalue weighted by Crippen LogP contribution is -2.15. The summed E-state index contributed by atoms with van der Waals surface area (Å²) < 4.78 is 6.90. The van der Waals surface area contributed by atoms with Crippen molar-refractivity contribution in [3.63, 3.8) is 0 Å². The summed E-state index contributed by atoms with van der Waals surface area (Å²) in [5, 5.41) is 16.3. The monoisotopic (exact) mass is 343 g/mol. The average Bonchev–Trinajstić information content (AvgIpc) is 3.26. The van der Waals surface area contributed by atoms with Crippen LogP contribution in [0.3, 0.4) is 0 Å². The molecule has 2 aromatic rings. The van der Waals surface area contributed by atoms with Crippen LogP contribution >= 0.6 is 0 Å². The number of rotatable bonds is 6. The molecule has 1 amide bonds. The third-order valence-electron chi connectivity index (χ3n) is 4.35. The Morgan fingerprint density at radius 1 is 1.32 bits per heavy atom. The second-order valence-electron chi connectivity index (χ2n) is 6.23. The second kappa shape index (κ2) is 7.48. The van der Waals surface area contributed by atoms with Gasteiger partial charge in [0.1, 0.15) is 0 Å². The Kier molecular flexibility index (Phi) is 5.14. The van der Waals surface area contributed by atoms with Crippen molar-refractivity contribution in [3.8, 4) is 0 Å². The van der Waals surface area contributed by atoms with Crippen molar-refractivity contribution < 1.29 is 19.4 Å². The summed E-state index contributed by atoms with van der Waals surface area (Å²) in [5.41, 5.74) is 1.50. The van der Waals surface area contributed by atoms with Crippen LogP contribution in [-0.4, -0.2) is 33.9 Å². The molecule has 1 aromatic carbocycles. The molecule has 1 aliphatic rings. The fourth-order valence-corrected chi connectivity index (χ4v) is 3.16. The lowest BCUT2D eigenvalue weighted by Gasteiger charge is -2.10. The molecule has 0 unspecified atom stereocenters. The van der Waals surface area contributed by atoms with E-state index >= 15 is 0 Å². The first kappa shape index (κ1) is 17.2. The number of carbonyl (C=O) groups is 2.